The largest absolute Gasteiger partial charge is 0.481 e. The summed E-state index contributed by atoms with van der Waals surface area (Å²) in [7, 11) is 0. The monoisotopic (exact) mass is 544 g/mol. The second-order valence-corrected chi connectivity index (χ2v) is 10.5. The van der Waals surface area contributed by atoms with Crippen molar-refractivity contribution in [1.82, 2.24) is 24.9 Å². The van der Waals surface area contributed by atoms with Gasteiger partial charge in [0.25, 0.3) is 0 Å². The Morgan fingerprint density at radius 1 is 1.20 bits per heavy atom. The van der Waals surface area contributed by atoms with E-state index >= 15 is 0 Å². The van der Waals surface area contributed by atoms with Gasteiger partial charge in [-0.1, -0.05) is 46.4 Å². The summed E-state index contributed by atoms with van der Waals surface area (Å²) in [5, 5.41) is 22.6. The average Bonchev–Trinajstić information content (AvgIpc) is 3.69. The normalized spacial score (nSPS) is 15.8. The van der Waals surface area contributed by atoms with Gasteiger partial charge in [-0.3, -0.25) is 4.79 Å². The summed E-state index contributed by atoms with van der Waals surface area (Å²) >= 11 is 0. The van der Waals surface area contributed by atoms with Gasteiger partial charge in [-0.05, 0) is 55.5 Å². The Morgan fingerprint density at radius 2 is 1.98 bits per heavy atom. The molecule has 1 saturated heterocycles. The Morgan fingerprint density at radius 3 is 2.65 bits per heavy atom. The van der Waals surface area contributed by atoms with Crippen molar-refractivity contribution in [2.45, 2.75) is 72.8 Å². The van der Waals surface area contributed by atoms with E-state index in [2.05, 4.69) is 55.4 Å². The molecule has 5 heterocycles. The van der Waals surface area contributed by atoms with Crippen LogP contribution in [0.25, 0.3) is 27.9 Å². The van der Waals surface area contributed by atoms with Crippen LogP contribution >= 0.6 is 0 Å². The van der Waals surface area contributed by atoms with Crippen molar-refractivity contribution in [1.29, 1.82) is 0 Å². The number of rotatable bonds is 9. The van der Waals surface area contributed by atoms with Gasteiger partial charge in [0.2, 0.25) is 0 Å². The van der Waals surface area contributed by atoms with Crippen molar-refractivity contribution in [2.75, 3.05) is 18.0 Å². The third-order valence-electron chi connectivity index (χ3n) is 7.31. The molecule has 2 unspecified atom stereocenters. The van der Waals surface area contributed by atoms with Crippen LogP contribution in [0.2, 0.25) is 0 Å². The smallest absolute Gasteiger partial charge is 0.314 e. The van der Waals surface area contributed by atoms with Crippen LogP contribution in [-0.4, -0.2) is 49.1 Å². The zero-order chi connectivity index (χ0) is 29.0. The summed E-state index contributed by atoms with van der Waals surface area (Å²) < 4.78 is 7.84. The SMILES string of the molecule is C=C(C)c1cc2c(cc(C3CCN(c4cc(-c5cc(C(C(=O)O)C(C)C)on5)ccn4)C3)n2CCC)nn1.CC. The third-order valence-corrected chi connectivity index (χ3v) is 7.31. The van der Waals surface area contributed by atoms with E-state index in [4.69, 9.17) is 4.52 Å². The zero-order valence-electron chi connectivity index (χ0n) is 24.4. The minimum absolute atomic E-state index is 0.107. The number of carboxylic acid groups (broad SMARTS) is 1. The van der Waals surface area contributed by atoms with Gasteiger partial charge in [0.05, 0.1) is 11.2 Å². The Labute approximate surface area is 235 Å². The molecule has 0 saturated carbocycles. The van der Waals surface area contributed by atoms with Gasteiger partial charge >= 0.3 is 5.97 Å². The second-order valence-electron chi connectivity index (χ2n) is 10.5. The minimum atomic E-state index is -0.913. The molecular weight excluding hydrogens is 504 g/mol. The Kier molecular flexibility index (Phi) is 9.02. The first kappa shape index (κ1) is 29.0. The molecule has 2 atom stereocenters. The van der Waals surface area contributed by atoms with Crippen LogP contribution in [0.1, 0.15) is 83.4 Å². The predicted octanol–water partition coefficient (Wildman–Crippen LogP) is 6.77. The molecular formula is C31H40N6O3. The van der Waals surface area contributed by atoms with Crippen molar-refractivity contribution < 1.29 is 14.4 Å². The molecule has 5 rings (SSSR count). The molecule has 0 radical (unpaired) electrons. The fourth-order valence-corrected chi connectivity index (χ4v) is 5.36. The lowest BCUT2D eigenvalue weighted by Crippen LogP contribution is -2.21. The predicted molar refractivity (Wildman–Crippen MR) is 158 cm³/mol. The molecule has 1 aliphatic rings. The van der Waals surface area contributed by atoms with Crippen molar-refractivity contribution >= 4 is 28.4 Å². The number of hydrogen-bond donors (Lipinski definition) is 1. The lowest BCUT2D eigenvalue weighted by Gasteiger charge is -2.19. The molecule has 0 aromatic carbocycles. The first-order valence-electron chi connectivity index (χ1n) is 14.2. The first-order chi connectivity index (χ1) is 19.3. The number of nitrogens with zero attached hydrogens (tertiary/aromatic N) is 6. The van der Waals surface area contributed by atoms with Gasteiger partial charge in [0, 0.05) is 49.1 Å². The van der Waals surface area contributed by atoms with Crippen molar-refractivity contribution in [2.24, 2.45) is 5.92 Å². The van der Waals surface area contributed by atoms with E-state index in [0.29, 0.717) is 17.4 Å². The molecule has 0 aliphatic carbocycles. The first-order valence-corrected chi connectivity index (χ1v) is 14.2. The summed E-state index contributed by atoms with van der Waals surface area (Å²) in [6, 6.07) is 9.89. The van der Waals surface area contributed by atoms with Crippen LogP contribution in [0.4, 0.5) is 5.82 Å². The van der Waals surface area contributed by atoms with Crippen molar-refractivity contribution in [3.8, 4) is 11.3 Å². The minimum Gasteiger partial charge on any atom is -0.481 e. The quantitative estimate of drug-likeness (QED) is 0.246. The molecule has 0 spiro atoms. The molecule has 0 amide bonds. The molecule has 0 bridgehead atoms. The summed E-state index contributed by atoms with van der Waals surface area (Å²) in [5.74, 6) is -0.175. The number of fused-ring (bicyclic) bond motifs is 1. The van der Waals surface area contributed by atoms with E-state index in [1.165, 1.54) is 5.69 Å². The maximum Gasteiger partial charge on any atom is 0.314 e. The standard InChI is InChI=1S/C29H34N6O3.C2H6/c1-6-10-35-24(14-23-25(35)13-21(17(2)3)31-32-23)20-8-11-34(16-20)27-12-19(7-9-30-27)22-15-26(38-33-22)28(18(4)5)29(36)37;1-2/h7,9,12-15,18,20,28H,2,6,8,10-11,16H2,1,3-5H3,(H,36,37);1-2H3. The summed E-state index contributed by atoms with van der Waals surface area (Å²) in [6.45, 7) is 18.5. The highest BCUT2D eigenvalue weighted by molar-refractivity contribution is 5.80. The number of pyridine rings is 1. The molecule has 9 heteroatoms. The summed E-state index contributed by atoms with van der Waals surface area (Å²) in [4.78, 5) is 18.6. The lowest BCUT2D eigenvalue weighted by molar-refractivity contribution is -0.140. The van der Waals surface area contributed by atoms with Crippen LogP contribution in [0.3, 0.4) is 0 Å². The van der Waals surface area contributed by atoms with E-state index in [-0.39, 0.29) is 5.92 Å². The van der Waals surface area contributed by atoms with Gasteiger partial charge in [-0.25, -0.2) is 4.98 Å². The van der Waals surface area contributed by atoms with Crippen molar-refractivity contribution in [3.05, 3.63) is 60.3 Å². The molecule has 9 nitrogen and oxygen atoms in total. The van der Waals surface area contributed by atoms with E-state index in [0.717, 1.165) is 66.2 Å². The highest BCUT2D eigenvalue weighted by Gasteiger charge is 2.30. The number of carbonyl (C=O) groups is 1. The Balaban J connectivity index is 0.00000181. The van der Waals surface area contributed by atoms with Gasteiger partial charge < -0.3 is 19.1 Å². The van der Waals surface area contributed by atoms with Crippen LogP contribution in [0.15, 0.2) is 47.6 Å². The van der Waals surface area contributed by atoms with Crippen LogP contribution in [-0.2, 0) is 11.3 Å². The van der Waals surface area contributed by atoms with Gasteiger partial charge in [-0.15, -0.1) is 5.10 Å². The fourth-order valence-electron chi connectivity index (χ4n) is 5.36. The molecule has 4 aromatic rings. The highest BCUT2D eigenvalue weighted by Crippen LogP contribution is 2.35. The lowest BCUT2D eigenvalue weighted by atomic mass is 9.93. The molecule has 1 fully saturated rings. The third kappa shape index (κ3) is 5.78. The Hall–Kier alpha value is -4.01. The zero-order valence-corrected chi connectivity index (χ0v) is 24.4. The Bertz CT molecular complexity index is 1490. The molecule has 4 aromatic heterocycles. The number of allylic oxidation sites excluding steroid dienone is 1. The second kappa shape index (κ2) is 12.4. The molecule has 1 aliphatic heterocycles. The number of aromatic nitrogens is 5. The average molecular weight is 545 g/mol. The van der Waals surface area contributed by atoms with E-state index in [1.807, 2.05) is 46.8 Å². The maximum atomic E-state index is 11.7. The highest BCUT2D eigenvalue weighted by atomic mass is 16.5. The van der Waals surface area contributed by atoms with Crippen LogP contribution in [0, 0.1) is 5.92 Å². The number of carboxylic acids is 1. The number of aliphatic carboxylic acids is 1. The van der Waals surface area contributed by atoms with Crippen molar-refractivity contribution in [3.63, 3.8) is 0 Å². The molecule has 1 N–H and O–H groups in total. The number of aryl methyl sites for hydroxylation is 1. The summed E-state index contributed by atoms with van der Waals surface area (Å²) in [6.07, 6.45) is 3.81. The fraction of sp³-hybridized carbons (Fsp3) is 0.452. The van der Waals surface area contributed by atoms with E-state index in [1.54, 1.807) is 12.3 Å². The molecule has 40 heavy (non-hydrogen) atoms. The van der Waals surface area contributed by atoms with Gasteiger partial charge in [-0.2, -0.15) is 5.10 Å². The van der Waals surface area contributed by atoms with E-state index < -0.39 is 11.9 Å². The summed E-state index contributed by atoms with van der Waals surface area (Å²) in [5.41, 5.74) is 6.50. The van der Waals surface area contributed by atoms with Gasteiger partial charge in [0.1, 0.15) is 22.9 Å². The van der Waals surface area contributed by atoms with E-state index in [9.17, 15) is 9.90 Å². The van der Waals surface area contributed by atoms with Crippen LogP contribution in [0.5, 0.6) is 0 Å². The van der Waals surface area contributed by atoms with Gasteiger partial charge in [0.15, 0.2) is 5.76 Å². The topological polar surface area (TPSA) is 110 Å². The maximum absolute atomic E-state index is 11.7. The van der Waals surface area contributed by atoms with Crippen LogP contribution < -0.4 is 4.90 Å². The molecule has 212 valence electrons. The number of anilines is 1. The number of hydrogen-bond acceptors (Lipinski definition) is 7.